The van der Waals surface area contributed by atoms with Gasteiger partial charge in [-0.1, -0.05) is 42.5 Å². The van der Waals surface area contributed by atoms with E-state index in [-0.39, 0.29) is 32.5 Å². The van der Waals surface area contributed by atoms with Gasteiger partial charge in [-0.3, -0.25) is 0 Å². The van der Waals surface area contributed by atoms with Gasteiger partial charge in [0.05, 0.1) is 0 Å². The number of hydrogen-bond acceptors (Lipinski definition) is 8. The molecule has 0 amide bonds. The number of nitrogens with zero attached hydrogens (tertiary/aromatic N) is 3. The molecule has 1 aliphatic heterocycles. The largest absolute Gasteiger partial charge is 0.490 e. The number of anilines is 1. The summed E-state index contributed by atoms with van der Waals surface area (Å²) in [5.74, 6) is -4.05. The Labute approximate surface area is 195 Å². The molecular weight excluding hydrogens is 496 g/mol. The fraction of sp³-hybridized carbons (Fsp3) is 0.190. The molecule has 2 aromatic carbocycles. The van der Waals surface area contributed by atoms with Gasteiger partial charge in [-0.05, 0) is 5.56 Å². The summed E-state index contributed by atoms with van der Waals surface area (Å²) in [6.45, 7) is -0.721. The molecule has 14 heteroatoms. The second-order valence-electron chi connectivity index (χ2n) is 7.44. The molecule has 0 saturated carbocycles. The second-order valence-corrected chi connectivity index (χ2v) is 9.26. The van der Waals surface area contributed by atoms with Crippen LogP contribution in [-0.4, -0.2) is 58.8 Å². The molecular formula is C21H16F4N4O5S. The van der Waals surface area contributed by atoms with Crippen molar-refractivity contribution in [3.8, 4) is 22.3 Å². The predicted octanol–water partition coefficient (Wildman–Crippen LogP) is 2.33. The minimum atomic E-state index is -5.43. The molecule has 1 aromatic heterocycles. The Morgan fingerprint density at radius 3 is 2.23 bits per heavy atom. The maximum atomic E-state index is 15.9. The van der Waals surface area contributed by atoms with Crippen molar-refractivity contribution >= 4 is 21.9 Å². The zero-order valence-electron chi connectivity index (χ0n) is 17.5. The monoisotopic (exact) mass is 512 g/mol. The number of rotatable bonds is 5. The number of benzene rings is 2. The summed E-state index contributed by atoms with van der Waals surface area (Å²) in [6, 6.07) is 10.4. The maximum absolute atomic E-state index is 15.9. The molecule has 3 aromatic rings. The molecule has 1 fully saturated rings. The lowest BCUT2D eigenvalue weighted by atomic mass is 10.0. The summed E-state index contributed by atoms with van der Waals surface area (Å²) < 4.78 is 85.3. The van der Waals surface area contributed by atoms with Crippen LogP contribution in [0.5, 0.6) is 0 Å². The topological polar surface area (TPSA) is 136 Å². The van der Waals surface area contributed by atoms with Gasteiger partial charge in [-0.15, -0.1) is 0 Å². The molecule has 1 aliphatic rings. The van der Waals surface area contributed by atoms with Gasteiger partial charge in [0.1, 0.15) is 11.0 Å². The van der Waals surface area contributed by atoms with Crippen LogP contribution in [0.25, 0.3) is 22.3 Å². The average molecular weight is 512 g/mol. The number of hydrogen-bond donors (Lipinski definition) is 2. The molecule has 3 N–H and O–H groups in total. The van der Waals surface area contributed by atoms with Gasteiger partial charge in [-0.25, -0.2) is 27.6 Å². The first kappa shape index (κ1) is 24.5. The second kappa shape index (κ2) is 8.87. The number of halogens is 4. The number of carbonyl (C=O) groups is 1. The van der Waals surface area contributed by atoms with Gasteiger partial charge >= 0.3 is 12.1 Å². The molecule has 4 rings (SSSR count). The van der Waals surface area contributed by atoms with Crippen LogP contribution in [0.2, 0.25) is 0 Å². The van der Waals surface area contributed by atoms with Gasteiger partial charge < -0.3 is 15.6 Å². The Kier molecular flexibility index (Phi) is 6.21. The van der Waals surface area contributed by atoms with Crippen LogP contribution in [0.15, 0.2) is 59.8 Å². The zero-order chi connectivity index (χ0) is 25.5. The number of sulfonamides is 1. The fourth-order valence-electron chi connectivity index (χ4n) is 3.45. The Hall–Kier alpha value is -3.62. The highest BCUT2D eigenvalue weighted by atomic mass is 32.2. The van der Waals surface area contributed by atoms with E-state index in [1.807, 2.05) is 0 Å². The third kappa shape index (κ3) is 4.54. The third-order valence-electron chi connectivity index (χ3n) is 5.17. The summed E-state index contributed by atoms with van der Waals surface area (Å²) in [7, 11) is -4.94. The molecule has 0 bridgehead atoms. The van der Waals surface area contributed by atoms with Crippen molar-refractivity contribution in [3.63, 3.8) is 0 Å². The summed E-state index contributed by atoms with van der Waals surface area (Å²) >= 11 is 0. The number of aromatic nitrogens is 2. The number of esters is 1. The number of aliphatic hydroxyl groups excluding tert-OH is 1. The fourth-order valence-corrected chi connectivity index (χ4v) is 5.29. The molecule has 2 heterocycles. The Bertz CT molecular complexity index is 1370. The van der Waals surface area contributed by atoms with E-state index in [1.165, 1.54) is 36.7 Å². The minimum Gasteiger partial charge on any atom is -0.436 e. The smallest absolute Gasteiger partial charge is 0.436 e. The number of ether oxygens (including phenoxy) is 1. The molecule has 0 radical (unpaired) electrons. The van der Waals surface area contributed by atoms with E-state index in [0.717, 1.165) is 0 Å². The summed E-state index contributed by atoms with van der Waals surface area (Å²) in [5, 5.41) is 9.84. The van der Waals surface area contributed by atoms with E-state index in [1.54, 1.807) is 18.2 Å². The summed E-state index contributed by atoms with van der Waals surface area (Å²) in [6.07, 6.45) is -7.03. The van der Waals surface area contributed by atoms with Crippen LogP contribution in [0, 0.1) is 5.82 Å². The molecule has 184 valence electrons. The highest BCUT2D eigenvalue weighted by Gasteiger charge is 2.53. The number of carbonyl (C=O) groups excluding carboxylic acids is 1. The van der Waals surface area contributed by atoms with Gasteiger partial charge in [0, 0.05) is 35.6 Å². The number of alkyl halides is 3. The first-order chi connectivity index (χ1) is 16.4. The number of aliphatic hydroxyl groups is 1. The summed E-state index contributed by atoms with van der Waals surface area (Å²) in [4.78, 5) is 17.9. The molecule has 1 saturated heterocycles. The van der Waals surface area contributed by atoms with Crippen molar-refractivity contribution in [2.75, 3.05) is 12.3 Å². The SMILES string of the molecule is Nc1ncc(-c2ccc(-c3ccccc3)c(S(=O)(=O)N3CC(O)C3OC(=O)C(F)(F)F)c2F)cn1. The average Bonchev–Trinajstić information content (AvgIpc) is 2.81. The third-order valence-corrected chi connectivity index (χ3v) is 7.06. The first-order valence-electron chi connectivity index (χ1n) is 9.85. The van der Waals surface area contributed by atoms with Gasteiger partial charge in [0.2, 0.25) is 16.0 Å². The quantitative estimate of drug-likeness (QED) is 0.393. The van der Waals surface area contributed by atoms with E-state index in [4.69, 9.17) is 5.73 Å². The van der Waals surface area contributed by atoms with Gasteiger partial charge in [-0.2, -0.15) is 17.5 Å². The lowest BCUT2D eigenvalue weighted by molar-refractivity contribution is -0.229. The Balaban J connectivity index is 1.85. The van der Waals surface area contributed by atoms with Crippen molar-refractivity contribution in [2.24, 2.45) is 0 Å². The molecule has 2 unspecified atom stereocenters. The standard InChI is InChI=1S/C21H16F4N4O5S/c22-16-13(12-8-27-20(26)28-9-12)6-7-14(11-4-2-1-3-5-11)17(16)35(32,33)29-10-15(30)18(29)34-19(31)21(23,24)25/h1-9,15,18,30H,10H2,(H2,26,27,28). The first-order valence-corrected chi connectivity index (χ1v) is 11.3. The van der Waals surface area contributed by atoms with E-state index in [2.05, 4.69) is 14.7 Å². The Morgan fingerprint density at radius 2 is 1.66 bits per heavy atom. The lowest BCUT2D eigenvalue weighted by Crippen LogP contribution is -2.64. The van der Waals surface area contributed by atoms with E-state index < -0.39 is 51.8 Å². The van der Waals surface area contributed by atoms with Crippen LogP contribution in [0.3, 0.4) is 0 Å². The zero-order valence-corrected chi connectivity index (χ0v) is 18.3. The van der Waals surface area contributed by atoms with Crippen LogP contribution < -0.4 is 5.73 Å². The number of nitrogen functional groups attached to an aromatic ring is 1. The van der Waals surface area contributed by atoms with E-state index >= 15 is 4.39 Å². The normalized spacial score (nSPS) is 18.7. The minimum absolute atomic E-state index is 0.0801. The number of nitrogens with two attached hydrogens (primary N) is 1. The molecule has 35 heavy (non-hydrogen) atoms. The number of β-amino-alcohol motifs (C(OH)–C–C–N with tert-alkyl or cyclic N) is 1. The molecule has 2 atom stereocenters. The Morgan fingerprint density at radius 1 is 1.06 bits per heavy atom. The van der Waals surface area contributed by atoms with E-state index in [9.17, 15) is 31.5 Å². The van der Waals surface area contributed by atoms with Gasteiger partial charge in [0.15, 0.2) is 12.0 Å². The molecule has 0 aliphatic carbocycles. The predicted molar refractivity (Wildman–Crippen MR) is 113 cm³/mol. The molecule has 0 spiro atoms. The van der Waals surface area contributed by atoms with Crippen LogP contribution in [0.1, 0.15) is 0 Å². The van der Waals surface area contributed by atoms with Crippen molar-refractivity contribution in [1.29, 1.82) is 0 Å². The van der Waals surface area contributed by atoms with Crippen LogP contribution in [0.4, 0.5) is 23.5 Å². The lowest BCUT2D eigenvalue weighted by Gasteiger charge is -2.42. The summed E-state index contributed by atoms with van der Waals surface area (Å²) in [5.41, 5.74) is 5.47. The molecule has 9 nitrogen and oxygen atoms in total. The van der Waals surface area contributed by atoms with Crippen molar-refractivity contribution < 1.29 is 40.6 Å². The highest BCUT2D eigenvalue weighted by molar-refractivity contribution is 7.89. The maximum Gasteiger partial charge on any atom is 0.490 e. The van der Waals surface area contributed by atoms with Crippen molar-refractivity contribution in [3.05, 3.63) is 60.7 Å². The van der Waals surface area contributed by atoms with Crippen LogP contribution >= 0.6 is 0 Å². The van der Waals surface area contributed by atoms with Crippen LogP contribution in [-0.2, 0) is 19.6 Å². The highest BCUT2D eigenvalue weighted by Crippen LogP contribution is 2.39. The van der Waals surface area contributed by atoms with Crippen molar-refractivity contribution in [1.82, 2.24) is 14.3 Å². The van der Waals surface area contributed by atoms with Gasteiger partial charge in [0.25, 0.3) is 0 Å². The van der Waals surface area contributed by atoms with Crippen molar-refractivity contribution in [2.45, 2.75) is 23.4 Å². The van der Waals surface area contributed by atoms with E-state index in [0.29, 0.717) is 0 Å².